The number of benzene rings is 1. The van der Waals surface area contributed by atoms with Crippen molar-refractivity contribution in [2.45, 2.75) is 36.1 Å². The zero-order chi connectivity index (χ0) is 20.5. The Balaban J connectivity index is 1.60. The number of esters is 1. The number of rotatable bonds is 8. The van der Waals surface area contributed by atoms with Crippen molar-refractivity contribution < 1.29 is 14.3 Å². The Kier molecular flexibility index (Phi) is 7.86. The molecule has 0 saturated carbocycles. The summed E-state index contributed by atoms with van der Waals surface area (Å²) >= 11 is 1.57. The molecule has 0 spiro atoms. The van der Waals surface area contributed by atoms with Gasteiger partial charge < -0.3 is 15.0 Å². The fourth-order valence-corrected chi connectivity index (χ4v) is 4.16. The first-order valence-electron chi connectivity index (χ1n) is 9.89. The Morgan fingerprint density at radius 3 is 2.83 bits per heavy atom. The Morgan fingerprint density at radius 1 is 1.24 bits per heavy atom. The number of nitrogens with one attached hydrogen (secondary N) is 1. The Labute approximate surface area is 175 Å². The van der Waals surface area contributed by atoms with Crippen molar-refractivity contribution in [2.75, 3.05) is 31.1 Å². The van der Waals surface area contributed by atoms with Gasteiger partial charge >= 0.3 is 5.97 Å². The maximum Gasteiger partial charge on any atom is 0.307 e. The number of anilines is 1. The minimum Gasteiger partial charge on any atom is -0.466 e. The van der Waals surface area contributed by atoms with Gasteiger partial charge in [0.15, 0.2) is 5.82 Å². The number of hydrogen-bond donors (Lipinski definition) is 1. The number of carbonyl (C=O) groups excluding carboxylic acids is 2. The lowest BCUT2D eigenvalue weighted by atomic mass is 9.97. The molecule has 0 aliphatic carbocycles. The van der Waals surface area contributed by atoms with Crippen molar-refractivity contribution in [3.05, 3.63) is 42.7 Å². The number of nitrogens with zero attached hydrogens (tertiary/aromatic N) is 3. The highest BCUT2D eigenvalue weighted by Gasteiger charge is 2.28. The molecule has 1 aromatic carbocycles. The van der Waals surface area contributed by atoms with Crippen molar-refractivity contribution in [2.24, 2.45) is 5.92 Å². The van der Waals surface area contributed by atoms with Gasteiger partial charge in [-0.05, 0) is 31.9 Å². The van der Waals surface area contributed by atoms with E-state index in [1.165, 1.54) is 0 Å². The lowest BCUT2D eigenvalue weighted by Gasteiger charge is -2.33. The molecule has 1 atom stereocenters. The molecule has 1 aliphatic heterocycles. The van der Waals surface area contributed by atoms with Crippen molar-refractivity contribution in [1.82, 2.24) is 15.3 Å². The molecule has 7 nitrogen and oxygen atoms in total. The van der Waals surface area contributed by atoms with Crippen LogP contribution in [0.15, 0.2) is 52.6 Å². The first-order valence-corrected chi connectivity index (χ1v) is 10.7. The lowest BCUT2D eigenvalue weighted by Crippen LogP contribution is -2.44. The monoisotopic (exact) mass is 414 g/mol. The fraction of sp³-hybridized carbons (Fsp3) is 0.429. The van der Waals surface area contributed by atoms with Crippen molar-refractivity contribution in [1.29, 1.82) is 0 Å². The molecule has 154 valence electrons. The van der Waals surface area contributed by atoms with Gasteiger partial charge in [-0.1, -0.05) is 30.0 Å². The summed E-state index contributed by atoms with van der Waals surface area (Å²) in [6, 6.07) is 10.1. The first-order chi connectivity index (χ1) is 14.2. The van der Waals surface area contributed by atoms with Gasteiger partial charge in [-0.25, -0.2) is 9.97 Å². The van der Waals surface area contributed by atoms with E-state index in [1.807, 2.05) is 30.3 Å². The molecule has 1 amide bonds. The van der Waals surface area contributed by atoms with Crippen LogP contribution in [-0.2, 0) is 14.3 Å². The van der Waals surface area contributed by atoms with Gasteiger partial charge in [0.25, 0.3) is 0 Å². The molecule has 3 rings (SSSR count). The van der Waals surface area contributed by atoms with Gasteiger partial charge in [0.2, 0.25) is 5.91 Å². The molecule has 1 aromatic heterocycles. The smallest absolute Gasteiger partial charge is 0.307 e. The summed E-state index contributed by atoms with van der Waals surface area (Å²) in [5.74, 6) is 0.355. The summed E-state index contributed by atoms with van der Waals surface area (Å²) in [5, 5.41) is 3.70. The second kappa shape index (κ2) is 10.8. The van der Waals surface area contributed by atoms with Crippen LogP contribution in [0.25, 0.3) is 0 Å². The predicted octanol–water partition coefficient (Wildman–Crippen LogP) is 2.91. The van der Waals surface area contributed by atoms with E-state index in [2.05, 4.69) is 20.2 Å². The minimum absolute atomic E-state index is 0.0276. The van der Waals surface area contributed by atoms with Crippen LogP contribution in [-0.4, -0.2) is 48.1 Å². The quantitative estimate of drug-likeness (QED) is 0.665. The summed E-state index contributed by atoms with van der Waals surface area (Å²) in [6.45, 7) is 3.85. The molecule has 1 N–H and O–H groups in total. The maximum absolute atomic E-state index is 12.6. The third-order valence-corrected chi connectivity index (χ3v) is 5.62. The number of amides is 1. The van der Waals surface area contributed by atoms with Crippen LogP contribution in [0.5, 0.6) is 0 Å². The van der Waals surface area contributed by atoms with Crippen molar-refractivity contribution in [3.8, 4) is 0 Å². The van der Waals surface area contributed by atoms with Gasteiger partial charge in [-0.15, -0.1) is 0 Å². The SMILES string of the molecule is CCOC(=O)CCNC(=O)C1CCCN(c2nccnc2Sc2ccccc2)C1. The molecule has 0 radical (unpaired) electrons. The molecular weight excluding hydrogens is 388 g/mol. The predicted molar refractivity (Wildman–Crippen MR) is 112 cm³/mol. The second-order valence-electron chi connectivity index (χ2n) is 6.73. The molecule has 1 saturated heterocycles. The number of hydrogen-bond acceptors (Lipinski definition) is 7. The van der Waals surface area contributed by atoms with Crippen LogP contribution in [0.4, 0.5) is 5.82 Å². The fourth-order valence-electron chi connectivity index (χ4n) is 3.26. The van der Waals surface area contributed by atoms with E-state index in [1.54, 1.807) is 31.1 Å². The van der Waals surface area contributed by atoms with Crippen LogP contribution in [0.1, 0.15) is 26.2 Å². The van der Waals surface area contributed by atoms with Gasteiger partial charge in [-0.3, -0.25) is 9.59 Å². The highest BCUT2D eigenvalue weighted by atomic mass is 32.2. The van der Waals surface area contributed by atoms with Crippen LogP contribution in [0, 0.1) is 5.92 Å². The van der Waals surface area contributed by atoms with Gasteiger partial charge in [-0.2, -0.15) is 0 Å². The lowest BCUT2D eigenvalue weighted by molar-refractivity contribution is -0.143. The summed E-state index contributed by atoms with van der Waals surface area (Å²) in [5.41, 5.74) is 0. The number of piperidine rings is 1. The minimum atomic E-state index is -0.291. The molecule has 1 unspecified atom stereocenters. The average molecular weight is 415 g/mol. The van der Waals surface area contributed by atoms with E-state index in [0.29, 0.717) is 19.7 Å². The Hall–Kier alpha value is -2.61. The number of ether oxygens (including phenoxy) is 1. The topological polar surface area (TPSA) is 84.4 Å². The molecular formula is C21H26N4O3S. The number of aromatic nitrogens is 2. The Morgan fingerprint density at radius 2 is 2.03 bits per heavy atom. The zero-order valence-corrected chi connectivity index (χ0v) is 17.4. The summed E-state index contributed by atoms with van der Waals surface area (Å²) in [4.78, 5) is 36.3. The summed E-state index contributed by atoms with van der Waals surface area (Å²) in [6.07, 6.45) is 5.30. The maximum atomic E-state index is 12.6. The number of carbonyl (C=O) groups is 2. The largest absolute Gasteiger partial charge is 0.466 e. The van der Waals surface area contributed by atoms with Crippen molar-refractivity contribution in [3.63, 3.8) is 0 Å². The average Bonchev–Trinajstić information content (AvgIpc) is 2.75. The van der Waals surface area contributed by atoms with E-state index in [0.717, 1.165) is 35.1 Å². The third kappa shape index (κ3) is 6.19. The van der Waals surface area contributed by atoms with E-state index in [-0.39, 0.29) is 24.2 Å². The molecule has 29 heavy (non-hydrogen) atoms. The molecule has 2 aromatic rings. The van der Waals surface area contributed by atoms with Gasteiger partial charge in [0.05, 0.1) is 18.9 Å². The van der Waals surface area contributed by atoms with Gasteiger partial charge in [0, 0.05) is 36.9 Å². The van der Waals surface area contributed by atoms with E-state index >= 15 is 0 Å². The molecule has 0 bridgehead atoms. The normalized spacial score (nSPS) is 16.3. The van der Waals surface area contributed by atoms with Crippen LogP contribution in [0.3, 0.4) is 0 Å². The first kappa shape index (κ1) is 21.1. The third-order valence-electron chi connectivity index (χ3n) is 4.63. The molecule has 8 heteroatoms. The molecule has 1 aliphatic rings. The zero-order valence-electron chi connectivity index (χ0n) is 16.5. The second-order valence-corrected chi connectivity index (χ2v) is 7.79. The highest BCUT2D eigenvalue weighted by Crippen LogP contribution is 2.33. The molecule has 2 heterocycles. The standard InChI is InChI=1S/C21H26N4O3S/c1-2-28-18(26)10-11-23-20(27)16-7-6-14-25(15-16)19-21(24-13-12-22-19)29-17-8-4-3-5-9-17/h3-5,8-9,12-13,16H,2,6-7,10-11,14-15H2,1H3,(H,23,27). The van der Waals surface area contributed by atoms with Crippen LogP contribution < -0.4 is 10.2 Å². The molecule has 1 fully saturated rings. The Bertz CT molecular complexity index is 819. The van der Waals surface area contributed by atoms with E-state index in [9.17, 15) is 9.59 Å². The van der Waals surface area contributed by atoms with E-state index in [4.69, 9.17) is 4.74 Å². The van der Waals surface area contributed by atoms with Crippen molar-refractivity contribution >= 4 is 29.5 Å². The van der Waals surface area contributed by atoms with Crippen LogP contribution in [0.2, 0.25) is 0 Å². The summed E-state index contributed by atoms with van der Waals surface area (Å²) < 4.78 is 4.89. The van der Waals surface area contributed by atoms with Crippen LogP contribution >= 0.6 is 11.8 Å². The van der Waals surface area contributed by atoms with Gasteiger partial charge in [0.1, 0.15) is 5.03 Å². The summed E-state index contributed by atoms with van der Waals surface area (Å²) in [7, 11) is 0. The highest BCUT2D eigenvalue weighted by molar-refractivity contribution is 7.99. The van der Waals surface area contributed by atoms with E-state index < -0.39 is 0 Å².